The van der Waals surface area contributed by atoms with Crippen molar-refractivity contribution in [1.82, 2.24) is 4.90 Å². The standard InChI is InChI=1S/C13H17NO3/c1-4-17-13(16)12(9-14(2)3)10-6-5-7-11(15)8-10/h5-9,15H,4H2,1-3H3. The molecule has 92 valence electrons. The average molecular weight is 235 g/mol. The molecule has 4 nitrogen and oxygen atoms in total. The molecule has 0 amide bonds. The van der Waals surface area contributed by atoms with Crippen LogP contribution in [0.1, 0.15) is 12.5 Å². The molecule has 0 aliphatic heterocycles. The van der Waals surface area contributed by atoms with Crippen molar-refractivity contribution in [1.29, 1.82) is 0 Å². The molecular weight excluding hydrogens is 218 g/mol. The Bertz CT molecular complexity index is 424. The molecular formula is C13H17NO3. The number of ether oxygens (including phenoxy) is 1. The minimum absolute atomic E-state index is 0.122. The average Bonchev–Trinajstić information content (AvgIpc) is 2.26. The lowest BCUT2D eigenvalue weighted by atomic mass is 10.1. The van der Waals surface area contributed by atoms with Crippen LogP contribution in [0, 0.1) is 0 Å². The lowest BCUT2D eigenvalue weighted by Crippen LogP contribution is -2.11. The van der Waals surface area contributed by atoms with Crippen LogP contribution in [0.3, 0.4) is 0 Å². The molecule has 0 spiro atoms. The second-order valence-electron chi connectivity index (χ2n) is 3.78. The highest BCUT2D eigenvalue weighted by atomic mass is 16.5. The van der Waals surface area contributed by atoms with Gasteiger partial charge in [-0.1, -0.05) is 12.1 Å². The maximum atomic E-state index is 11.8. The first-order valence-electron chi connectivity index (χ1n) is 5.39. The van der Waals surface area contributed by atoms with Gasteiger partial charge in [0, 0.05) is 20.3 Å². The molecule has 1 aromatic rings. The van der Waals surface area contributed by atoms with Crippen LogP contribution in [0.15, 0.2) is 30.5 Å². The summed E-state index contributed by atoms with van der Waals surface area (Å²) in [5, 5.41) is 9.41. The predicted octanol–water partition coefficient (Wildman–Crippen LogP) is 1.86. The molecule has 0 atom stereocenters. The van der Waals surface area contributed by atoms with E-state index < -0.39 is 5.97 Å². The number of hydrogen-bond donors (Lipinski definition) is 1. The smallest absolute Gasteiger partial charge is 0.340 e. The number of carbonyl (C=O) groups is 1. The molecule has 4 heteroatoms. The number of benzene rings is 1. The van der Waals surface area contributed by atoms with Gasteiger partial charge in [-0.25, -0.2) is 4.79 Å². The second kappa shape index (κ2) is 5.94. The van der Waals surface area contributed by atoms with Crippen LogP contribution in [0.2, 0.25) is 0 Å². The topological polar surface area (TPSA) is 49.8 Å². The Balaban J connectivity index is 3.11. The lowest BCUT2D eigenvalue weighted by molar-refractivity contribution is -0.136. The summed E-state index contributed by atoms with van der Waals surface area (Å²) in [4.78, 5) is 13.6. The largest absolute Gasteiger partial charge is 0.508 e. The van der Waals surface area contributed by atoms with Crippen molar-refractivity contribution in [2.24, 2.45) is 0 Å². The van der Waals surface area contributed by atoms with Crippen molar-refractivity contribution in [2.75, 3.05) is 20.7 Å². The highest BCUT2D eigenvalue weighted by Gasteiger charge is 2.13. The van der Waals surface area contributed by atoms with Gasteiger partial charge >= 0.3 is 5.97 Å². The van der Waals surface area contributed by atoms with Crippen LogP contribution >= 0.6 is 0 Å². The van der Waals surface area contributed by atoms with Crippen LogP contribution in [-0.4, -0.2) is 36.7 Å². The number of nitrogens with zero attached hydrogens (tertiary/aromatic N) is 1. The number of carbonyl (C=O) groups excluding carboxylic acids is 1. The molecule has 0 aliphatic rings. The van der Waals surface area contributed by atoms with Gasteiger partial charge in [-0.2, -0.15) is 0 Å². The fourth-order valence-corrected chi connectivity index (χ4v) is 1.39. The molecule has 0 aromatic heterocycles. The minimum Gasteiger partial charge on any atom is -0.508 e. The summed E-state index contributed by atoms with van der Waals surface area (Å²) in [5.74, 6) is -0.275. The van der Waals surface area contributed by atoms with Gasteiger partial charge in [-0.05, 0) is 24.6 Å². The van der Waals surface area contributed by atoms with Crippen molar-refractivity contribution >= 4 is 11.5 Å². The first-order chi connectivity index (χ1) is 8.04. The first kappa shape index (κ1) is 13.1. The minimum atomic E-state index is -0.396. The van der Waals surface area contributed by atoms with E-state index in [-0.39, 0.29) is 5.75 Å². The summed E-state index contributed by atoms with van der Waals surface area (Å²) in [6.45, 7) is 2.08. The Kier molecular flexibility index (Phi) is 4.57. The first-order valence-corrected chi connectivity index (χ1v) is 5.39. The van der Waals surface area contributed by atoms with Crippen molar-refractivity contribution in [2.45, 2.75) is 6.92 Å². The van der Waals surface area contributed by atoms with Gasteiger partial charge < -0.3 is 14.7 Å². The zero-order valence-electron chi connectivity index (χ0n) is 10.3. The molecule has 17 heavy (non-hydrogen) atoms. The zero-order chi connectivity index (χ0) is 12.8. The molecule has 1 N–H and O–H groups in total. The summed E-state index contributed by atoms with van der Waals surface area (Å²) in [6, 6.07) is 6.54. The highest BCUT2D eigenvalue weighted by Crippen LogP contribution is 2.20. The number of rotatable bonds is 4. The van der Waals surface area contributed by atoms with E-state index in [1.54, 1.807) is 36.2 Å². The SMILES string of the molecule is CCOC(=O)C(=CN(C)C)c1cccc(O)c1. The normalized spacial score (nSPS) is 11.1. The quantitative estimate of drug-likeness (QED) is 0.639. The molecule has 0 aliphatic carbocycles. The second-order valence-corrected chi connectivity index (χ2v) is 3.78. The van der Waals surface area contributed by atoms with Crippen LogP contribution in [-0.2, 0) is 9.53 Å². The summed E-state index contributed by atoms with van der Waals surface area (Å²) in [7, 11) is 3.64. The molecule has 0 saturated heterocycles. The van der Waals surface area contributed by atoms with Gasteiger partial charge in [0.15, 0.2) is 0 Å². The summed E-state index contributed by atoms with van der Waals surface area (Å²) < 4.78 is 4.98. The number of hydrogen-bond acceptors (Lipinski definition) is 4. The van der Waals surface area contributed by atoms with Crippen molar-refractivity contribution in [3.8, 4) is 5.75 Å². The van der Waals surface area contributed by atoms with Gasteiger partial charge in [0.1, 0.15) is 5.75 Å². The Morgan fingerprint density at radius 2 is 2.18 bits per heavy atom. The molecule has 0 saturated carbocycles. The molecule has 0 heterocycles. The Labute approximate surface area is 101 Å². The predicted molar refractivity (Wildman–Crippen MR) is 66.4 cm³/mol. The van der Waals surface area contributed by atoms with Crippen molar-refractivity contribution < 1.29 is 14.6 Å². The van der Waals surface area contributed by atoms with Crippen LogP contribution in [0.5, 0.6) is 5.75 Å². The van der Waals surface area contributed by atoms with E-state index in [2.05, 4.69) is 0 Å². The van der Waals surface area contributed by atoms with E-state index in [0.717, 1.165) is 0 Å². The Hall–Kier alpha value is -1.97. The number of esters is 1. The third-order valence-electron chi connectivity index (χ3n) is 2.04. The van der Waals surface area contributed by atoms with E-state index in [4.69, 9.17) is 4.74 Å². The van der Waals surface area contributed by atoms with Gasteiger partial charge in [0.2, 0.25) is 0 Å². The monoisotopic (exact) mass is 235 g/mol. The van der Waals surface area contributed by atoms with E-state index in [1.807, 2.05) is 14.1 Å². The fourth-order valence-electron chi connectivity index (χ4n) is 1.39. The van der Waals surface area contributed by atoms with Gasteiger partial charge in [-0.3, -0.25) is 0 Å². The van der Waals surface area contributed by atoms with E-state index in [1.165, 1.54) is 6.07 Å². The van der Waals surface area contributed by atoms with Gasteiger partial charge in [0.05, 0.1) is 12.2 Å². The zero-order valence-corrected chi connectivity index (χ0v) is 10.3. The van der Waals surface area contributed by atoms with Gasteiger partial charge in [-0.15, -0.1) is 0 Å². The van der Waals surface area contributed by atoms with Crippen molar-refractivity contribution in [3.05, 3.63) is 36.0 Å². The summed E-state index contributed by atoms with van der Waals surface area (Å²) in [5.41, 5.74) is 1.06. The van der Waals surface area contributed by atoms with Crippen LogP contribution in [0.25, 0.3) is 5.57 Å². The lowest BCUT2D eigenvalue weighted by Gasteiger charge is -2.11. The molecule has 1 aromatic carbocycles. The maximum Gasteiger partial charge on any atom is 0.340 e. The molecule has 0 radical (unpaired) electrons. The van der Waals surface area contributed by atoms with E-state index in [9.17, 15) is 9.90 Å². The number of phenolic OH excluding ortho intramolecular Hbond substituents is 1. The summed E-state index contributed by atoms with van der Waals surface area (Å²) in [6.07, 6.45) is 1.67. The fraction of sp³-hybridized carbons (Fsp3) is 0.308. The molecule has 0 unspecified atom stereocenters. The summed E-state index contributed by atoms with van der Waals surface area (Å²) >= 11 is 0. The van der Waals surface area contributed by atoms with Crippen LogP contribution in [0.4, 0.5) is 0 Å². The Morgan fingerprint density at radius 1 is 1.47 bits per heavy atom. The van der Waals surface area contributed by atoms with Gasteiger partial charge in [0.25, 0.3) is 0 Å². The van der Waals surface area contributed by atoms with Crippen LogP contribution < -0.4 is 0 Å². The molecule has 0 bridgehead atoms. The maximum absolute atomic E-state index is 11.8. The molecule has 1 rings (SSSR count). The molecule has 0 fully saturated rings. The number of phenols is 1. The van der Waals surface area contributed by atoms with Crippen molar-refractivity contribution in [3.63, 3.8) is 0 Å². The van der Waals surface area contributed by atoms with E-state index in [0.29, 0.717) is 17.7 Å². The van der Waals surface area contributed by atoms with E-state index >= 15 is 0 Å². The Morgan fingerprint density at radius 3 is 2.71 bits per heavy atom. The number of aromatic hydroxyl groups is 1. The third kappa shape index (κ3) is 3.83. The highest BCUT2D eigenvalue weighted by molar-refractivity contribution is 6.16. The third-order valence-corrected chi connectivity index (χ3v) is 2.04.